The van der Waals surface area contributed by atoms with Crippen molar-refractivity contribution < 1.29 is 18.3 Å². The number of aliphatic carboxylic acids is 1. The van der Waals surface area contributed by atoms with Gasteiger partial charge in [0.1, 0.15) is 0 Å². The van der Waals surface area contributed by atoms with Crippen LogP contribution in [0, 0.1) is 17.8 Å². The molecule has 3 rings (SSSR count). The second-order valence-corrected chi connectivity index (χ2v) is 9.06. The maximum absolute atomic E-state index is 11.8. The number of rotatable bonds is 4. The Bertz CT molecular complexity index is 503. The zero-order valence-electron chi connectivity index (χ0n) is 11.8. The lowest BCUT2D eigenvalue weighted by Gasteiger charge is -2.33. The highest BCUT2D eigenvalue weighted by molar-refractivity contribution is 7.91. The van der Waals surface area contributed by atoms with Crippen LogP contribution < -0.4 is 5.32 Å². The summed E-state index contributed by atoms with van der Waals surface area (Å²) in [5.41, 5.74) is 0. The first-order valence-corrected chi connectivity index (χ1v) is 9.51. The molecule has 0 saturated heterocycles. The first-order chi connectivity index (χ1) is 9.38. The Kier molecular flexibility index (Phi) is 3.57. The summed E-state index contributed by atoms with van der Waals surface area (Å²) in [5, 5.41) is 12.5. The van der Waals surface area contributed by atoms with E-state index < -0.39 is 15.8 Å². The molecule has 0 aliphatic heterocycles. The highest BCUT2D eigenvalue weighted by atomic mass is 32.2. The molecule has 6 unspecified atom stereocenters. The van der Waals surface area contributed by atoms with Crippen molar-refractivity contribution in [1.29, 1.82) is 0 Å². The monoisotopic (exact) mass is 301 g/mol. The van der Waals surface area contributed by atoms with Gasteiger partial charge in [-0.1, -0.05) is 6.42 Å². The molecule has 0 spiro atoms. The number of sulfone groups is 1. The van der Waals surface area contributed by atoms with Gasteiger partial charge < -0.3 is 10.4 Å². The number of carboxylic acid groups (broad SMARTS) is 1. The standard InChI is InChI=1S/C14H23NO4S/c1-20(18,19)11-4-2-3-10(11)15-13-9-6-5-8(7-9)12(13)14(16)17/h8-13,15H,2-7H2,1H3,(H,16,17). The second-order valence-electron chi connectivity index (χ2n) is 6.80. The van der Waals surface area contributed by atoms with Crippen molar-refractivity contribution in [3.8, 4) is 0 Å². The van der Waals surface area contributed by atoms with Gasteiger partial charge in [-0.2, -0.15) is 0 Å². The van der Waals surface area contributed by atoms with E-state index in [1.807, 2.05) is 0 Å². The Balaban J connectivity index is 1.75. The molecule has 0 aromatic carbocycles. The van der Waals surface area contributed by atoms with Crippen molar-refractivity contribution in [1.82, 2.24) is 5.32 Å². The fourth-order valence-electron chi connectivity index (χ4n) is 4.76. The number of hydrogen-bond donors (Lipinski definition) is 2. The summed E-state index contributed by atoms with van der Waals surface area (Å²) >= 11 is 0. The minimum absolute atomic E-state index is 0.0291. The molecule has 3 aliphatic carbocycles. The molecular weight excluding hydrogens is 278 g/mol. The van der Waals surface area contributed by atoms with Gasteiger partial charge in [0.2, 0.25) is 0 Å². The molecule has 6 heteroatoms. The summed E-state index contributed by atoms with van der Waals surface area (Å²) < 4.78 is 23.7. The second kappa shape index (κ2) is 4.98. The fraction of sp³-hybridized carbons (Fsp3) is 0.929. The lowest BCUT2D eigenvalue weighted by Crippen LogP contribution is -2.52. The van der Waals surface area contributed by atoms with E-state index in [9.17, 15) is 18.3 Å². The summed E-state index contributed by atoms with van der Waals surface area (Å²) in [4.78, 5) is 11.5. The van der Waals surface area contributed by atoms with E-state index in [2.05, 4.69) is 5.32 Å². The predicted octanol–water partition coefficient (Wildman–Crippen LogP) is 1.04. The third kappa shape index (κ3) is 2.37. The molecule has 0 radical (unpaired) electrons. The number of nitrogens with one attached hydrogen (secondary N) is 1. The molecule has 3 saturated carbocycles. The van der Waals surface area contributed by atoms with Crippen LogP contribution in [0.25, 0.3) is 0 Å². The Labute approximate surface area is 120 Å². The van der Waals surface area contributed by atoms with E-state index in [-0.39, 0.29) is 29.2 Å². The average molecular weight is 301 g/mol. The molecule has 0 amide bonds. The van der Waals surface area contributed by atoms with Crippen LogP contribution in [-0.2, 0) is 14.6 Å². The quantitative estimate of drug-likeness (QED) is 0.810. The number of carboxylic acids is 1. The summed E-state index contributed by atoms with van der Waals surface area (Å²) in [7, 11) is -3.05. The van der Waals surface area contributed by atoms with Crippen LogP contribution >= 0.6 is 0 Å². The number of fused-ring (bicyclic) bond motifs is 2. The van der Waals surface area contributed by atoms with Gasteiger partial charge in [0.25, 0.3) is 0 Å². The molecule has 2 N–H and O–H groups in total. The normalized spacial score (nSPS) is 44.0. The molecule has 0 aromatic heterocycles. The lowest BCUT2D eigenvalue weighted by atomic mass is 9.84. The van der Waals surface area contributed by atoms with E-state index in [0.717, 1.165) is 32.1 Å². The van der Waals surface area contributed by atoms with Gasteiger partial charge in [-0.25, -0.2) is 8.42 Å². The fourth-order valence-corrected chi connectivity index (χ4v) is 6.17. The van der Waals surface area contributed by atoms with Crippen molar-refractivity contribution in [3.05, 3.63) is 0 Å². The predicted molar refractivity (Wildman–Crippen MR) is 75.2 cm³/mol. The van der Waals surface area contributed by atoms with E-state index >= 15 is 0 Å². The average Bonchev–Trinajstić information content (AvgIpc) is 3.00. The first-order valence-electron chi connectivity index (χ1n) is 7.55. The van der Waals surface area contributed by atoms with Crippen LogP contribution in [0.4, 0.5) is 0 Å². The minimum Gasteiger partial charge on any atom is -0.481 e. The highest BCUT2D eigenvalue weighted by Gasteiger charge is 2.52. The maximum atomic E-state index is 11.8. The van der Waals surface area contributed by atoms with Crippen molar-refractivity contribution in [3.63, 3.8) is 0 Å². The smallest absolute Gasteiger partial charge is 0.308 e. The third-order valence-electron chi connectivity index (χ3n) is 5.61. The van der Waals surface area contributed by atoms with Crippen molar-refractivity contribution in [2.45, 2.75) is 55.9 Å². The topological polar surface area (TPSA) is 83.5 Å². The van der Waals surface area contributed by atoms with Crippen LogP contribution in [0.15, 0.2) is 0 Å². The van der Waals surface area contributed by atoms with Crippen molar-refractivity contribution in [2.24, 2.45) is 17.8 Å². The largest absolute Gasteiger partial charge is 0.481 e. The van der Waals surface area contributed by atoms with Crippen molar-refractivity contribution >= 4 is 15.8 Å². The molecule has 3 aliphatic rings. The van der Waals surface area contributed by atoms with Crippen LogP contribution in [0.2, 0.25) is 0 Å². The molecule has 0 heterocycles. The van der Waals surface area contributed by atoms with Crippen LogP contribution in [0.3, 0.4) is 0 Å². The van der Waals surface area contributed by atoms with Crippen LogP contribution in [0.1, 0.15) is 38.5 Å². The molecule has 0 aromatic rings. The Hall–Kier alpha value is -0.620. The highest BCUT2D eigenvalue weighted by Crippen LogP contribution is 2.49. The van der Waals surface area contributed by atoms with Gasteiger partial charge in [0.15, 0.2) is 9.84 Å². The van der Waals surface area contributed by atoms with Gasteiger partial charge in [-0.05, 0) is 43.9 Å². The zero-order valence-corrected chi connectivity index (χ0v) is 12.6. The summed E-state index contributed by atoms with van der Waals surface area (Å²) in [6.07, 6.45) is 6.85. The molecule has 20 heavy (non-hydrogen) atoms. The molecule has 5 nitrogen and oxygen atoms in total. The van der Waals surface area contributed by atoms with Crippen LogP contribution in [-0.4, -0.2) is 43.1 Å². The SMILES string of the molecule is CS(=O)(=O)C1CCCC1NC1C2CCC(C2)C1C(=O)O. The minimum atomic E-state index is -3.05. The van der Waals surface area contributed by atoms with Crippen LogP contribution in [0.5, 0.6) is 0 Å². The Morgan fingerprint density at radius 2 is 1.85 bits per heavy atom. The lowest BCUT2D eigenvalue weighted by molar-refractivity contribution is -0.144. The summed E-state index contributed by atoms with van der Waals surface area (Å²) in [6, 6.07) is -0.0881. The van der Waals surface area contributed by atoms with E-state index in [1.54, 1.807) is 0 Å². The number of carbonyl (C=O) groups is 1. The van der Waals surface area contributed by atoms with E-state index in [4.69, 9.17) is 0 Å². The van der Waals surface area contributed by atoms with E-state index in [1.165, 1.54) is 6.26 Å². The maximum Gasteiger partial charge on any atom is 0.308 e. The molecule has 3 fully saturated rings. The first kappa shape index (κ1) is 14.3. The third-order valence-corrected chi connectivity index (χ3v) is 7.27. The molecular formula is C14H23NO4S. The van der Waals surface area contributed by atoms with E-state index in [0.29, 0.717) is 12.3 Å². The molecule has 6 atom stereocenters. The summed E-state index contributed by atoms with van der Waals surface area (Å²) in [5.74, 6) is -0.340. The van der Waals surface area contributed by atoms with Gasteiger partial charge in [0, 0.05) is 18.3 Å². The van der Waals surface area contributed by atoms with Gasteiger partial charge in [0.05, 0.1) is 11.2 Å². The van der Waals surface area contributed by atoms with Gasteiger partial charge in [-0.15, -0.1) is 0 Å². The van der Waals surface area contributed by atoms with Crippen molar-refractivity contribution in [2.75, 3.05) is 6.26 Å². The van der Waals surface area contributed by atoms with Gasteiger partial charge in [-0.3, -0.25) is 4.79 Å². The van der Waals surface area contributed by atoms with Gasteiger partial charge >= 0.3 is 5.97 Å². The summed E-state index contributed by atoms with van der Waals surface area (Å²) in [6.45, 7) is 0. The Morgan fingerprint density at radius 3 is 2.50 bits per heavy atom. The molecule has 2 bridgehead atoms. The molecule has 114 valence electrons. The zero-order chi connectivity index (χ0) is 14.5. The number of hydrogen-bond acceptors (Lipinski definition) is 4. The Morgan fingerprint density at radius 1 is 1.15 bits per heavy atom.